The molecule has 0 aliphatic carbocycles. The lowest BCUT2D eigenvalue weighted by atomic mass is 9.83. The molecule has 0 fully saturated rings. The third-order valence-electron chi connectivity index (χ3n) is 3.31. The number of carbonyl (C=O) groups is 2. The molecular formula is C14H16N2O6. The van der Waals surface area contributed by atoms with Crippen LogP contribution in [-0.2, 0) is 9.59 Å². The third kappa shape index (κ3) is 3.33. The molecule has 0 heterocycles. The SMILES string of the molecule is CC(=O)C(C(C)=O)c1c(C(C)C)cc([N+](=O)[O-])cc1[N+](=O)[O-]. The van der Waals surface area contributed by atoms with Crippen LogP contribution in [0.15, 0.2) is 12.1 Å². The van der Waals surface area contributed by atoms with Crippen molar-refractivity contribution in [3.8, 4) is 0 Å². The van der Waals surface area contributed by atoms with Gasteiger partial charge in [0, 0.05) is 6.07 Å². The van der Waals surface area contributed by atoms with Gasteiger partial charge in [0.1, 0.15) is 17.5 Å². The maximum absolute atomic E-state index is 11.8. The van der Waals surface area contributed by atoms with Crippen molar-refractivity contribution >= 4 is 22.9 Å². The fourth-order valence-electron chi connectivity index (χ4n) is 2.39. The molecule has 0 N–H and O–H groups in total. The van der Waals surface area contributed by atoms with E-state index in [1.165, 1.54) is 19.9 Å². The van der Waals surface area contributed by atoms with Crippen LogP contribution < -0.4 is 0 Å². The lowest BCUT2D eigenvalue weighted by molar-refractivity contribution is -0.394. The summed E-state index contributed by atoms with van der Waals surface area (Å²) in [5.41, 5.74) is -0.805. The molecule has 1 aromatic rings. The third-order valence-corrected chi connectivity index (χ3v) is 3.31. The van der Waals surface area contributed by atoms with Gasteiger partial charge in [-0.15, -0.1) is 0 Å². The maximum atomic E-state index is 11.8. The number of nitrogens with zero attached hydrogens (tertiary/aromatic N) is 2. The van der Waals surface area contributed by atoms with Crippen molar-refractivity contribution in [1.82, 2.24) is 0 Å². The summed E-state index contributed by atoms with van der Waals surface area (Å²) in [6.45, 7) is 5.70. The van der Waals surface area contributed by atoms with Gasteiger partial charge in [-0.3, -0.25) is 29.8 Å². The molecule has 0 amide bonds. The van der Waals surface area contributed by atoms with Gasteiger partial charge in [-0.05, 0) is 25.3 Å². The molecule has 1 rings (SSSR count). The summed E-state index contributed by atoms with van der Waals surface area (Å²) in [5, 5.41) is 22.2. The Morgan fingerprint density at radius 2 is 1.50 bits per heavy atom. The van der Waals surface area contributed by atoms with Gasteiger partial charge in [0.2, 0.25) is 0 Å². The Hall–Kier alpha value is -2.64. The van der Waals surface area contributed by atoms with Crippen LogP contribution in [0.4, 0.5) is 11.4 Å². The molecule has 0 saturated heterocycles. The van der Waals surface area contributed by atoms with Crippen molar-refractivity contribution < 1.29 is 19.4 Å². The van der Waals surface area contributed by atoms with Crippen LogP contribution in [-0.4, -0.2) is 21.4 Å². The largest absolute Gasteiger partial charge is 0.299 e. The minimum Gasteiger partial charge on any atom is -0.299 e. The average Bonchev–Trinajstić information content (AvgIpc) is 2.36. The molecule has 0 saturated carbocycles. The Bertz CT molecular complexity index is 652. The number of benzene rings is 1. The lowest BCUT2D eigenvalue weighted by Crippen LogP contribution is -2.21. The standard InChI is InChI=1S/C14H16N2O6/c1-7(2)11-5-10(15(19)20)6-12(16(21)22)14(11)13(8(3)17)9(4)18/h5-7,13H,1-4H3. The van der Waals surface area contributed by atoms with Crippen molar-refractivity contribution in [2.24, 2.45) is 0 Å². The molecule has 0 aliphatic heterocycles. The van der Waals surface area contributed by atoms with E-state index >= 15 is 0 Å². The van der Waals surface area contributed by atoms with Crippen LogP contribution >= 0.6 is 0 Å². The van der Waals surface area contributed by atoms with E-state index in [0.29, 0.717) is 0 Å². The second kappa shape index (κ2) is 6.42. The van der Waals surface area contributed by atoms with Gasteiger partial charge in [-0.25, -0.2) is 0 Å². The highest BCUT2D eigenvalue weighted by Gasteiger charge is 2.35. The second-order valence-corrected chi connectivity index (χ2v) is 5.29. The van der Waals surface area contributed by atoms with Crippen LogP contribution in [0.3, 0.4) is 0 Å². The van der Waals surface area contributed by atoms with Crippen LogP contribution in [0, 0.1) is 20.2 Å². The predicted molar refractivity (Wildman–Crippen MR) is 77.9 cm³/mol. The van der Waals surface area contributed by atoms with Gasteiger partial charge < -0.3 is 0 Å². The fraction of sp³-hybridized carbons (Fsp3) is 0.429. The summed E-state index contributed by atoms with van der Waals surface area (Å²) in [5.74, 6) is -2.69. The average molecular weight is 308 g/mol. The molecule has 0 spiro atoms. The summed E-state index contributed by atoms with van der Waals surface area (Å²) in [6, 6.07) is 1.98. The van der Waals surface area contributed by atoms with Crippen molar-refractivity contribution in [3.05, 3.63) is 43.5 Å². The molecule has 8 nitrogen and oxygen atoms in total. The highest BCUT2D eigenvalue weighted by atomic mass is 16.6. The summed E-state index contributed by atoms with van der Waals surface area (Å²) in [4.78, 5) is 44.2. The Morgan fingerprint density at radius 1 is 1.00 bits per heavy atom. The molecule has 1 aromatic carbocycles. The highest BCUT2D eigenvalue weighted by Crippen LogP contribution is 2.38. The molecule has 0 atom stereocenters. The highest BCUT2D eigenvalue weighted by molar-refractivity contribution is 6.06. The first-order chi connectivity index (χ1) is 10.1. The number of non-ortho nitro benzene ring substituents is 1. The van der Waals surface area contributed by atoms with Crippen molar-refractivity contribution in [2.75, 3.05) is 0 Å². The van der Waals surface area contributed by atoms with Gasteiger partial charge in [0.05, 0.1) is 21.5 Å². The number of carbonyl (C=O) groups excluding carboxylic acids is 2. The topological polar surface area (TPSA) is 120 Å². The van der Waals surface area contributed by atoms with Crippen LogP contribution in [0.25, 0.3) is 0 Å². The quantitative estimate of drug-likeness (QED) is 0.452. The summed E-state index contributed by atoms with van der Waals surface area (Å²) < 4.78 is 0. The molecule has 8 heteroatoms. The number of rotatable bonds is 6. The number of hydrogen-bond acceptors (Lipinski definition) is 6. The molecule has 0 aromatic heterocycles. The minimum absolute atomic E-state index is 0.0504. The number of ketones is 2. The second-order valence-electron chi connectivity index (χ2n) is 5.29. The summed E-state index contributed by atoms with van der Waals surface area (Å²) in [6.07, 6.45) is 0. The Balaban J connectivity index is 3.86. The van der Waals surface area contributed by atoms with Gasteiger partial charge >= 0.3 is 0 Å². The zero-order valence-electron chi connectivity index (χ0n) is 12.7. The van der Waals surface area contributed by atoms with Crippen LogP contribution in [0.2, 0.25) is 0 Å². The molecule has 0 aliphatic rings. The van der Waals surface area contributed by atoms with E-state index in [-0.39, 0.29) is 17.0 Å². The van der Waals surface area contributed by atoms with Crippen LogP contribution in [0.1, 0.15) is 50.7 Å². The van der Waals surface area contributed by atoms with Crippen LogP contribution in [0.5, 0.6) is 0 Å². The Labute approximate surface area is 126 Å². The molecule has 0 unspecified atom stereocenters. The van der Waals surface area contributed by atoms with E-state index in [2.05, 4.69) is 0 Å². The Morgan fingerprint density at radius 3 is 1.82 bits per heavy atom. The minimum atomic E-state index is -1.29. The smallest absolute Gasteiger partial charge is 0.280 e. The predicted octanol–water partition coefficient (Wildman–Crippen LogP) is 2.89. The Kier molecular flexibility index (Phi) is 5.08. The fourth-order valence-corrected chi connectivity index (χ4v) is 2.39. The molecular weight excluding hydrogens is 292 g/mol. The summed E-state index contributed by atoms with van der Waals surface area (Å²) in [7, 11) is 0. The first-order valence-electron chi connectivity index (χ1n) is 6.55. The van der Waals surface area contributed by atoms with Crippen molar-refractivity contribution in [1.29, 1.82) is 0 Å². The molecule has 0 bridgehead atoms. The number of Topliss-reactive ketones (excluding diaryl/α,β-unsaturated/α-hetero) is 2. The van der Waals surface area contributed by atoms with E-state index < -0.39 is 38.7 Å². The van der Waals surface area contributed by atoms with Gasteiger partial charge in [0.15, 0.2) is 0 Å². The summed E-state index contributed by atoms with van der Waals surface area (Å²) >= 11 is 0. The first kappa shape index (κ1) is 17.4. The van der Waals surface area contributed by atoms with E-state index in [9.17, 15) is 29.8 Å². The number of nitro benzene ring substituents is 2. The number of hydrogen-bond donors (Lipinski definition) is 0. The van der Waals surface area contributed by atoms with Gasteiger partial charge in [-0.2, -0.15) is 0 Å². The lowest BCUT2D eigenvalue weighted by Gasteiger charge is -2.18. The van der Waals surface area contributed by atoms with E-state index in [1.807, 2.05) is 0 Å². The monoisotopic (exact) mass is 308 g/mol. The maximum Gasteiger partial charge on any atom is 0.280 e. The zero-order chi connectivity index (χ0) is 17.2. The number of nitro groups is 2. The van der Waals surface area contributed by atoms with E-state index in [0.717, 1.165) is 6.07 Å². The van der Waals surface area contributed by atoms with Crippen molar-refractivity contribution in [2.45, 2.75) is 39.5 Å². The van der Waals surface area contributed by atoms with E-state index in [4.69, 9.17) is 0 Å². The first-order valence-corrected chi connectivity index (χ1v) is 6.55. The van der Waals surface area contributed by atoms with E-state index in [1.54, 1.807) is 13.8 Å². The molecule has 22 heavy (non-hydrogen) atoms. The molecule has 0 radical (unpaired) electrons. The zero-order valence-corrected chi connectivity index (χ0v) is 12.7. The normalized spacial score (nSPS) is 10.8. The molecule has 118 valence electrons. The van der Waals surface area contributed by atoms with Gasteiger partial charge in [0.25, 0.3) is 11.4 Å². The van der Waals surface area contributed by atoms with Gasteiger partial charge in [-0.1, -0.05) is 13.8 Å². The van der Waals surface area contributed by atoms with Crippen molar-refractivity contribution in [3.63, 3.8) is 0 Å².